The third-order valence-electron chi connectivity index (χ3n) is 3.61. The van der Waals surface area contributed by atoms with Crippen molar-refractivity contribution in [1.82, 2.24) is 0 Å². The summed E-state index contributed by atoms with van der Waals surface area (Å²) in [7, 11) is 1.43. The van der Waals surface area contributed by atoms with Crippen LogP contribution in [0.3, 0.4) is 0 Å². The van der Waals surface area contributed by atoms with Crippen molar-refractivity contribution in [3.8, 4) is 0 Å². The summed E-state index contributed by atoms with van der Waals surface area (Å²) >= 11 is 0. The second kappa shape index (κ2) is 8.06. The molecule has 0 saturated carbocycles. The van der Waals surface area contributed by atoms with E-state index >= 15 is 0 Å². The number of nitrogens with two attached hydrogens (primary N) is 1. The first kappa shape index (κ1) is 18.3. The van der Waals surface area contributed by atoms with Gasteiger partial charge in [-0.05, 0) is 5.56 Å². The summed E-state index contributed by atoms with van der Waals surface area (Å²) in [5, 5.41) is 10.5. The zero-order chi connectivity index (χ0) is 15.3. The molecule has 118 valence electrons. The van der Waals surface area contributed by atoms with Gasteiger partial charge in [0.2, 0.25) is 0 Å². The number of hydrogen-bond acceptors (Lipinski definition) is 4. The first-order valence-corrected chi connectivity index (χ1v) is 6.72. The summed E-state index contributed by atoms with van der Waals surface area (Å²) < 4.78 is 5.37. The summed E-state index contributed by atoms with van der Waals surface area (Å²) in [6.45, 7) is 0. The average molecular weight is 322 g/mol. The van der Waals surface area contributed by atoms with Crippen LogP contribution >= 0.6 is 12.4 Å². The average Bonchev–Trinajstić information content (AvgIpc) is 2.55. The summed E-state index contributed by atoms with van der Waals surface area (Å²) in [6.07, 6.45) is 0.0647. The molecule has 2 atom stereocenters. The van der Waals surface area contributed by atoms with Crippen molar-refractivity contribution in [2.24, 2.45) is 5.73 Å². The lowest BCUT2D eigenvalue weighted by Gasteiger charge is -2.34. The van der Waals surface area contributed by atoms with Gasteiger partial charge in [0.1, 0.15) is 12.4 Å². The lowest BCUT2D eigenvalue weighted by molar-refractivity contribution is -0.105. The smallest absolute Gasteiger partial charge is 0.169 e. The molecule has 2 aromatic carbocycles. The Kier molecular flexibility index (Phi) is 6.71. The highest BCUT2D eigenvalue weighted by Gasteiger charge is 2.37. The Hall–Kier alpha value is -1.72. The molecular formula is C17H20ClNO3. The summed E-state index contributed by atoms with van der Waals surface area (Å²) in [6, 6.07) is 16.4. The molecule has 0 fully saturated rings. The number of aliphatic hydroxyl groups is 1. The summed E-state index contributed by atoms with van der Waals surface area (Å²) in [5.41, 5.74) is 6.65. The number of benzene rings is 2. The van der Waals surface area contributed by atoms with Gasteiger partial charge in [-0.2, -0.15) is 0 Å². The number of aliphatic hydroxyl groups excluding tert-OH is 1. The largest absolute Gasteiger partial charge is 0.388 e. The van der Waals surface area contributed by atoms with Gasteiger partial charge in [0.05, 0.1) is 0 Å². The van der Waals surface area contributed by atoms with Crippen molar-refractivity contribution in [2.45, 2.75) is 18.2 Å². The van der Waals surface area contributed by atoms with E-state index in [-0.39, 0.29) is 12.4 Å². The molecule has 0 saturated heterocycles. The standard InChI is InChI=1S/C17H19NO3.ClH/c1-21-17(18,15-10-6-5-9-14(15)12-19)16(20)11-13-7-3-2-4-8-13;/h2-10,12,16,20H,11,18H2,1H3;1H/t16-,17-;/m1./s1. The molecule has 0 bridgehead atoms. The SMILES string of the molecule is CO[C@](N)(c1ccccc1C=O)[C@H](O)Cc1ccccc1.Cl. The van der Waals surface area contributed by atoms with Crippen molar-refractivity contribution >= 4 is 18.7 Å². The van der Waals surface area contributed by atoms with Gasteiger partial charge in [0.25, 0.3) is 0 Å². The predicted molar refractivity (Wildman–Crippen MR) is 88.1 cm³/mol. The highest BCUT2D eigenvalue weighted by molar-refractivity contribution is 5.85. The van der Waals surface area contributed by atoms with Crippen LogP contribution in [0.5, 0.6) is 0 Å². The number of rotatable bonds is 6. The van der Waals surface area contributed by atoms with Crippen LogP contribution in [0.15, 0.2) is 54.6 Å². The minimum atomic E-state index is -1.44. The molecule has 0 spiro atoms. The van der Waals surface area contributed by atoms with Gasteiger partial charge in [0, 0.05) is 24.7 Å². The highest BCUT2D eigenvalue weighted by atomic mass is 35.5. The number of halogens is 1. The molecule has 0 aromatic heterocycles. The fourth-order valence-corrected chi connectivity index (χ4v) is 2.37. The molecule has 4 nitrogen and oxygen atoms in total. The second-order valence-electron chi connectivity index (χ2n) is 4.91. The van der Waals surface area contributed by atoms with E-state index < -0.39 is 11.8 Å². The molecule has 3 N–H and O–H groups in total. The predicted octanol–water partition coefficient (Wildman–Crippen LogP) is 2.28. The molecule has 5 heteroatoms. The number of methoxy groups -OCH3 is 1. The van der Waals surface area contributed by atoms with Crippen LogP contribution in [0.1, 0.15) is 21.5 Å². The van der Waals surface area contributed by atoms with Crippen LogP contribution in [0, 0.1) is 0 Å². The van der Waals surface area contributed by atoms with Crippen LogP contribution in [0.2, 0.25) is 0 Å². The molecule has 0 unspecified atom stereocenters. The maximum Gasteiger partial charge on any atom is 0.169 e. The zero-order valence-corrected chi connectivity index (χ0v) is 13.1. The van der Waals surface area contributed by atoms with Crippen LogP contribution in [-0.4, -0.2) is 24.6 Å². The van der Waals surface area contributed by atoms with Gasteiger partial charge in [-0.1, -0.05) is 54.6 Å². The molecule has 2 rings (SSSR count). The van der Waals surface area contributed by atoms with Crippen molar-refractivity contribution < 1.29 is 14.6 Å². The van der Waals surface area contributed by atoms with E-state index in [2.05, 4.69) is 0 Å². The van der Waals surface area contributed by atoms with Crippen LogP contribution in [-0.2, 0) is 16.9 Å². The minimum absolute atomic E-state index is 0. The van der Waals surface area contributed by atoms with Gasteiger partial charge >= 0.3 is 0 Å². The Balaban J connectivity index is 0.00000242. The van der Waals surface area contributed by atoms with Gasteiger partial charge in [-0.25, -0.2) is 0 Å². The van der Waals surface area contributed by atoms with E-state index in [4.69, 9.17) is 10.5 Å². The molecule has 0 heterocycles. The monoisotopic (exact) mass is 321 g/mol. The molecule has 0 aliphatic heterocycles. The van der Waals surface area contributed by atoms with E-state index in [1.165, 1.54) is 7.11 Å². The van der Waals surface area contributed by atoms with Gasteiger partial charge in [0.15, 0.2) is 5.72 Å². The molecular weight excluding hydrogens is 302 g/mol. The van der Waals surface area contributed by atoms with E-state index in [0.29, 0.717) is 23.8 Å². The fraction of sp³-hybridized carbons (Fsp3) is 0.235. The van der Waals surface area contributed by atoms with Crippen molar-refractivity contribution in [2.75, 3.05) is 7.11 Å². The molecule has 0 aliphatic rings. The Morgan fingerprint density at radius 2 is 1.77 bits per heavy atom. The van der Waals surface area contributed by atoms with Crippen LogP contribution in [0.4, 0.5) is 0 Å². The topological polar surface area (TPSA) is 72.5 Å². The van der Waals surface area contributed by atoms with Gasteiger partial charge in [-0.15, -0.1) is 12.4 Å². The van der Waals surface area contributed by atoms with Crippen LogP contribution < -0.4 is 5.73 Å². The normalized spacial score (nSPS) is 14.5. The van der Waals surface area contributed by atoms with E-state index in [1.54, 1.807) is 24.3 Å². The second-order valence-corrected chi connectivity index (χ2v) is 4.91. The molecule has 0 radical (unpaired) electrons. The number of hydrogen-bond donors (Lipinski definition) is 2. The van der Waals surface area contributed by atoms with Crippen molar-refractivity contribution in [3.05, 3.63) is 71.3 Å². The first-order valence-electron chi connectivity index (χ1n) is 6.72. The first-order chi connectivity index (χ1) is 10.1. The maximum absolute atomic E-state index is 11.2. The quantitative estimate of drug-likeness (QED) is 0.632. The Labute approximate surface area is 136 Å². The van der Waals surface area contributed by atoms with E-state index in [0.717, 1.165) is 5.56 Å². The summed E-state index contributed by atoms with van der Waals surface area (Å²) in [4.78, 5) is 11.2. The van der Waals surface area contributed by atoms with E-state index in [9.17, 15) is 9.90 Å². The number of ether oxygens (including phenoxy) is 1. The van der Waals surface area contributed by atoms with Crippen molar-refractivity contribution in [1.29, 1.82) is 0 Å². The molecule has 0 amide bonds. The van der Waals surface area contributed by atoms with Gasteiger partial charge < -0.3 is 9.84 Å². The fourth-order valence-electron chi connectivity index (χ4n) is 2.37. The minimum Gasteiger partial charge on any atom is -0.388 e. The van der Waals surface area contributed by atoms with Gasteiger partial charge in [-0.3, -0.25) is 10.5 Å². The molecule has 0 aliphatic carbocycles. The third kappa shape index (κ3) is 3.72. The zero-order valence-electron chi connectivity index (χ0n) is 12.3. The van der Waals surface area contributed by atoms with Crippen molar-refractivity contribution in [3.63, 3.8) is 0 Å². The Bertz CT molecular complexity index is 606. The highest BCUT2D eigenvalue weighted by Crippen LogP contribution is 2.27. The van der Waals surface area contributed by atoms with Crippen LogP contribution in [0.25, 0.3) is 0 Å². The lowest BCUT2D eigenvalue weighted by atomic mass is 9.90. The molecule has 2 aromatic rings. The molecule has 22 heavy (non-hydrogen) atoms. The lowest BCUT2D eigenvalue weighted by Crippen LogP contribution is -2.51. The third-order valence-corrected chi connectivity index (χ3v) is 3.61. The Morgan fingerprint density at radius 1 is 1.18 bits per heavy atom. The Morgan fingerprint density at radius 3 is 2.36 bits per heavy atom. The summed E-state index contributed by atoms with van der Waals surface area (Å²) in [5.74, 6) is 0. The number of carbonyl (C=O) groups excluding carboxylic acids is 1. The number of carbonyl (C=O) groups is 1. The number of aldehydes is 1. The van der Waals surface area contributed by atoms with E-state index in [1.807, 2.05) is 30.3 Å². The maximum atomic E-state index is 11.2.